The molecule has 1 aromatic rings. The number of fused-ring (bicyclic) bond motifs is 1. The Labute approximate surface area is 104 Å². The summed E-state index contributed by atoms with van der Waals surface area (Å²) < 4.78 is 0. The van der Waals surface area contributed by atoms with E-state index in [-0.39, 0.29) is 0 Å². The lowest BCUT2D eigenvalue weighted by molar-refractivity contribution is 0.312. The quantitative estimate of drug-likeness (QED) is 0.730. The van der Waals surface area contributed by atoms with Crippen molar-refractivity contribution in [1.82, 2.24) is 4.90 Å². The van der Waals surface area contributed by atoms with Crippen molar-refractivity contribution in [3.8, 4) is 0 Å². The van der Waals surface area contributed by atoms with E-state index in [4.69, 9.17) is 0 Å². The molecule has 1 aromatic carbocycles. The first-order valence-electron chi connectivity index (χ1n) is 6.89. The molecule has 92 valence electrons. The van der Waals surface area contributed by atoms with Crippen LogP contribution in [0.25, 0.3) is 0 Å². The van der Waals surface area contributed by atoms with Crippen molar-refractivity contribution >= 4 is 5.69 Å². The first kappa shape index (κ1) is 11.1. The molecule has 0 spiro atoms. The molecule has 17 heavy (non-hydrogen) atoms. The zero-order valence-electron chi connectivity index (χ0n) is 10.8. The minimum Gasteiger partial charge on any atom is -0.369 e. The van der Waals surface area contributed by atoms with Gasteiger partial charge in [0.1, 0.15) is 0 Å². The molecule has 1 aliphatic carbocycles. The van der Waals surface area contributed by atoms with Gasteiger partial charge in [-0.1, -0.05) is 12.1 Å². The maximum Gasteiger partial charge on any atom is 0.0402 e. The Balaban J connectivity index is 1.87. The highest BCUT2D eigenvalue weighted by Crippen LogP contribution is 2.30. The van der Waals surface area contributed by atoms with Crippen molar-refractivity contribution in [2.24, 2.45) is 0 Å². The summed E-state index contributed by atoms with van der Waals surface area (Å²) in [5.41, 5.74) is 4.77. The maximum atomic E-state index is 2.59. The van der Waals surface area contributed by atoms with Gasteiger partial charge in [0, 0.05) is 31.9 Å². The van der Waals surface area contributed by atoms with Gasteiger partial charge in [0.25, 0.3) is 0 Å². The van der Waals surface area contributed by atoms with Gasteiger partial charge in [-0.05, 0) is 49.9 Å². The van der Waals surface area contributed by atoms with E-state index < -0.39 is 0 Å². The fraction of sp³-hybridized carbons (Fsp3) is 0.600. The molecule has 0 bridgehead atoms. The monoisotopic (exact) mass is 230 g/mol. The summed E-state index contributed by atoms with van der Waals surface area (Å²) in [6.07, 6.45) is 5.33. The van der Waals surface area contributed by atoms with Crippen molar-refractivity contribution in [1.29, 1.82) is 0 Å². The third-order valence-electron chi connectivity index (χ3n) is 4.22. The van der Waals surface area contributed by atoms with Gasteiger partial charge in [0.2, 0.25) is 0 Å². The fourth-order valence-electron chi connectivity index (χ4n) is 3.10. The van der Waals surface area contributed by atoms with E-state index in [1.807, 2.05) is 0 Å². The number of benzene rings is 1. The van der Waals surface area contributed by atoms with Crippen LogP contribution in [0.4, 0.5) is 5.69 Å². The molecule has 1 saturated heterocycles. The van der Waals surface area contributed by atoms with Gasteiger partial charge in [-0.3, -0.25) is 0 Å². The van der Waals surface area contributed by atoms with Gasteiger partial charge in [-0.2, -0.15) is 0 Å². The summed E-state index contributed by atoms with van der Waals surface area (Å²) in [6.45, 7) is 4.77. The average molecular weight is 230 g/mol. The Hall–Kier alpha value is -1.02. The fourth-order valence-corrected chi connectivity index (χ4v) is 3.10. The first-order valence-corrected chi connectivity index (χ1v) is 6.89. The predicted molar refractivity (Wildman–Crippen MR) is 72.8 cm³/mol. The van der Waals surface area contributed by atoms with Crippen LogP contribution in [0.2, 0.25) is 0 Å². The lowest BCUT2D eigenvalue weighted by atomic mass is 9.90. The van der Waals surface area contributed by atoms with Gasteiger partial charge in [-0.15, -0.1) is 0 Å². The van der Waals surface area contributed by atoms with Crippen molar-refractivity contribution in [2.75, 3.05) is 38.1 Å². The molecule has 2 aliphatic rings. The summed E-state index contributed by atoms with van der Waals surface area (Å²) >= 11 is 0. The molecule has 0 saturated carbocycles. The largest absolute Gasteiger partial charge is 0.369 e. The topological polar surface area (TPSA) is 6.48 Å². The smallest absolute Gasteiger partial charge is 0.0402 e. The normalized spacial score (nSPS) is 21.4. The maximum absolute atomic E-state index is 2.59. The SMILES string of the molecule is CN1CCN(c2cccc3c2CCCC3)CC1. The number of nitrogens with zero attached hydrogens (tertiary/aromatic N) is 2. The molecule has 0 amide bonds. The number of hydrogen-bond donors (Lipinski definition) is 0. The second-order valence-electron chi connectivity index (χ2n) is 5.41. The van der Waals surface area contributed by atoms with E-state index in [0.717, 1.165) is 0 Å². The molecule has 1 aliphatic heterocycles. The van der Waals surface area contributed by atoms with E-state index in [1.165, 1.54) is 57.5 Å². The molecular weight excluding hydrogens is 208 g/mol. The summed E-state index contributed by atoms with van der Waals surface area (Å²) in [4.78, 5) is 5.01. The third kappa shape index (κ3) is 2.19. The van der Waals surface area contributed by atoms with E-state index >= 15 is 0 Å². The van der Waals surface area contributed by atoms with Gasteiger partial charge < -0.3 is 9.80 Å². The first-order chi connectivity index (χ1) is 8.34. The molecule has 3 rings (SSSR count). The third-order valence-corrected chi connectivity index (χ3v) is 4.22. The van der Waals surface area contributed by atoms with Gasteiger partial charge in [-0.25, -0.2) is 0 Å². The van der Waals surface area contributed by atoms with E-state index in [0.29, 0.717) is 0 Å². The predicted octanol–water partition coefficient (Wildman–Crippen LogP) is 2.32. The van der Waals surface area contributed by atoms with Crippen molar-refractivity contribution in [2.45, 2.75) is 25.7 Å². The van der Waals surface area contributed by atoms with Crippen LogP contribution in [0.1, 0.15) is 24.0 Å². The molecule has 2 heteroatoms. The highest BCUT2D eigenvalue weighted by Gasteiger charge is 2.19. The summed E-state index contributed by atoms with van der Waals surface area (Å²) in [5.74, 6) is 0. The summed E-state index contributed by atoms with van der Waals surface area (Å²) in [5, 5.41) is 0. The Morgan fingerprint density at radius 1 is 0.941 bits per heavy atom. The van der Waals surface area contributed by atoms with Gasteiger partial charge in [0.05, 0.1) is 0 Å². The minimum atomic E-state index is 1.19. The Morgan fingerprint density at radius 3 is 2.53 bits per heavy atom. The molecule has 0 N–H and O–H groups in total. The van der Waals surface area contributed by atoms with Crippen LogP contribution in [-0.2, 0) is 12.8 Å². The van der Waals surface area contributed by atoms with Gasteiger partial charge in [0.15, 0.2) is 0 Å². The number of rotatable bonds is 1. The van der Waals surface area contributed by atoms with Crippen molar-refractivity contribution in [3.05, 3.63) is 29.3 Å². The molecule has 0 aromatic heterocycles. The van der Waals surface area contributed by atoms with E-state index in [2.05, 4.69) is 35.0 Å². The molecular formula is C15H22N2. The van der Waals surface area contributed by atoms with Crippen LogP contribution >= 0.6 is 0 Å². The molecule has 1 heterocycles. The number of hydrogen-bond acceptors (Lipinski definition) is 2. The van der Waals surface area contributed by atoms with Crippen molar-refractivity contribution < 1.29 is 0 Å². The second kappa shape index (κ2) is 4.69. The van der Waals surface area contributed by atoms with Crippen LogP contribution in [0, 0.1) is 0 Å². The molecule has 0 unspecified atom stereocenters. The van der Waals surface area contributed by atoms with Crippen LogP contribution in [0.3, 0.4) is 0 Å². The number of aryl methyl sites for hydroxylation is 1. The summed E-state index contributed by atoms with van der Waals surface area (Å²) in [6, 6.07) is 6.90. The Kier molecular flexibility index (Phi) is 3.06. The zero-order chi connectivity index (χ0) is 11.7. The lowest BCUT2D eigenvalue weighted by Gasteiger charge is -2.36. The Bertz CT molecular complexity index is 392. The molecule has 0 atom stereocenters. The average Bonchev–Trinajstić information content (AvgIpc) is 2.39. The highest BCUT2D eigenvalue weighted by atomic mass is 15.2. The summed E-state index contributed by atoms with van der Waals surface area (Å²) in [7, 11) is 2.22. The number of piperazine rings is 1. The standard InChI is InChI=1S/C15H22N2/c1-16-9-11-17(12-10-16)15-8-4-6-13-5-2-3-7-14(13)15/h4,6,8H,2-3,5,7,9-12H2,1H3. The van der Waals surface area contributed by atoms with Crippen molar-refractivity contribution in [3.63, 3.8) is 0 Å². The minimum absolute atomic E-state index is 1.19. The van der Waals surface area contributed by atoms with Crippen LogP contribution in [-0.4, -0.2) is 38.1 Å². The number of likely N-dealkylation sites (N-methyl/N-ethyl adjacent to an activating group) is 1. The highest BCUT2D eigenvalue weighted by molar-refractivity contribution is 5.58. The van der Waals surface area contributed by atoms with Gasteiger partial charge >= 0.3 is 0 Å². The Morgan fingerprint density at radius 2 is 1.71 bits per heavy atom. The van der Waals surface area contributed by atoms with E-state index in [9.17, 15) is 0 Å². The lowest BCUT2D eigenvalue weighted by Crippen LogP contribution is -2.45. The van der Waals surface area contributed by atoms with Crippen LogP contribution in [0.15, 0.2) is 18.2 Å². The molecule has 0 radical (unpaired) electrons. The second-order valence-corrected chi connectivity index (χ2v) is 5.41. The molecule has 2 nitrogen and oxygen atoms in total. The van der Waals surface area contributed by atoms with Crippen LogP contribution < -0.4 is 4.90 Å². The zero-order valence-corrected chi connectivity index (χ0v) is 10.8. The van der Waals surface area contributed by atoms with E-state index in [1.54, 1.807) is 11.1 Å². The molecule has 1 fully saturated rings. The number of anilines is 1. The van der Waals surface area contributed by atoms with Crippen LogP contribution in [0.5, 0.6) is 0 Å².